The van der Waals surface area contributed by atoms with Gasteiger partial charge in [-0.25, -0.2) is 0 Å². The number of rotatable bonds is 5. The molecule has 4 nitrogen and oxygen atoms in total. The van der Waals surface area contributed by atoms with E-state index < -0.39 is 0 Å². The molecule has 15 heavy (non-hydrogen) atoms. The highest BCUT2D eigenvalue weighted by Gasteiger charge is 2.20. The molecule has 0 saturated carbocycles. The van der Waals surface area contributed by atoms with Crippen LogP contribution < -0.4 is 10.6 Å². The minimum Gasteiger partial charge on any atom is -0.377 e. The second-order valence-corrected chi connectivity index (χ2v) is 4.05. The van der Waals surface area contributed by atoms with Gasteiger partial charge in [0.2, 0.25) is 5.91 Å². The number of nitrogens with one attached hydrogen (secondary N) is 2. The first-order valence-corrected chi connectivity index (χ1v) is 5.84. The maximum atomic E-state index is 11.7. The number of ether oxygens (including phenoxy) is 1. The van der Waals surface area contributed by atoms with Crippen LogP contribution >= 0.6 is 0 Å². The second-order valence-electron chi connectivity index (χ2n) is 4.05. The van der Waals surface area contributed by atoms with Crippen LogP contribution in [0.3, 0.4) is 0 Å². The van der Waals surface area contributed by atoms with E-state index in [9.17, 15) is 4.79 Å². The number of carbonyl (C=O) groups is 1. The summed E-state index contributed by atoms with van der Waals surface area (Å²) < 4.78 is 5.35. The van der Waals surface area contributed by atoms with Gasteiger partial charge in [-0.15, -0.1) is 0 Å². The van der Waals surface area contributed by atoms with Crippen molar-refractivity contribution in [2.45, 2.75) is 32.8 Å². The van der Waals surface area contributed by atoms with Crippen LogP contribution in [0.15, 0.2) is 0 Å². The van der Waals surface area contributed by atoms with Gasteiger partial charge in [-0.05, 0) is 33.2 Å². The Morgan fingerprint density at radius 3 is 3.07 bits per heavy atom. The van der Waals surface area contributed by atoms with Crippen molar-refractivity contribution in [1.29, 1.82) is 0 Å². The lowest BCUT2D eigenvalue weighted by atomic mass is 9.99. The monoisotopic (exact) mass is 214 g/mol. The summed E-state index contributed by atoms with van der Waals surface area (Å²) in [6.45, 7) is 7.10. The first-order valence-electron chi connectivity index (χ1n) is 5.84. The molecular weight excluding hydrogens is 192 g/mol. The van der Waals surface area contributed by atoms with Gasteiger partial charge in [-0.2, -0.15) is 0 Å². The highest BCUT2D eigenvalue weighted by atomic mass is 16.5. The molecule has 0 spiro atoms. The third-order valence-corrected chi connectivity index (χ3v) is 2.68. The van der Waals surface area contributed by atoms with Crippen LogP contribution in [0.2, 0.25) is 0 Å². The Morgan fingerprint density at radius 2 is 2.47 bits per heavy atom. The molecule has 1 rings (SSSR count). The molecule has 0 radical (unpaired) electrons. The number of amides is 1. The Labute approximate surface area is 91.8 Å². The molecule has 0 aromatic rings. The zero-order chi connectivity index (χ0) is 11.1. The summed E-state index contributed by atoms with van der Waals surface area (Å²) in [5.74, 6) is 0.307. The van der Waals surface area contributed by atoms with Gasteiger partial charge in [0.15, 0.2) is 0 Å². The summed E-state index contributed by atoms with van der Waals surface area (Å²) in [5.41, 5.74) is 0. The minimum atomic E-state index is 0.107. The van der Waals surface area contributed by atoms with E-state index in [-0.39, 0.29) is 17.9 Å². The second kappa shape index (κ2) is 6.80. The molecule has 2 atom stereocenters. The zero-order valence-corrected chi connectivity index (χ0v) is 9.71. The quantitative estimate of drug-likeness (QED) is 0.702. The smallest absolute Gasteiger partial charge is 0.224 e. The van der Waals surface area contributed by atoms with Crippen LogP contribution in [0.1, 0.15) is 26.7 Å². The van der Waals surface area contributed by atoms with Gasteiger partial charge in [0.1, 0.15) is 0 Å². The number of carbonyl (C=O) groups excluding carboxylic acids is 1. The summed E-state index contributed by atoms with van der Waals surface area (Å²) in [6.07, 6.45) is 2.21. The third-order valence-electron chi connectivity index (χ3n) is 2.68. The molecule has 88 valence electrons. The van der Waals surface area contributed by atoms with E-state index in [4.69, 9.17) is 4.74 Å². The predicted molar refractivity (Wildman–Crippen MR) is 59.7 cm³/mol. The SMILES string of the molecule is CCOC(C)CNC(=O)C1CCCNC1. The third kappa shape index (κ3) is 4.62. The fourth-order valence-corrected chi connectivity index (χ4v) is 1.81. The Kier molecular flexibility index (Phi) is 5.65. The Morgan fingerprint density at radius 1 is 1.67 bits per heavy atom. The van der Waals surface area contributed by atoms with E-state index in [1.807, 2.05) is 13.8 Å². The van der Waals surface area contributed by atoms with Gasteiger partial charge < -0.3 is 15.4 Å². The van der Waals surface area contributed by atoms with Crippen molar-refractivity contribution in [2.24, 2.45) is 5.92 Å². The number of piperidine rings is 1. The highest BCUT2D eigenvalue weighted by molar-refractivity contribution is 5.78. The number of hydrogen-bond acceptors (Lipinski definition) is 3. The normalized spacial score (nSPS) is 23.5. The topological polar surface area (TPSA) is 50.4 Å². The zero-order valence-electron chi connectivity index (χ0n) is 9.71. The molecule has 0 aromatic carbocycles. The summed E-state index contributed by atoms with van der Waals surface area (Å²) in [7, 11) is 0. The van der Waals surface area contributed by atoms with Crippen LogP contribution in [0.5, 0.6) is 0 Å². The lowest BCUT2D eigenvalue weighted by molar-refractivity contribution is -0.126. The maximum Gasteiger partial charge on any atom is 0.224 e. The van der Waals surface area contributed by atoms with Crippen molar-refractivity contribution in [3.8, 4) is 0 Å². The van der Waals surface area contributed by atoms with Gasteiger partial charge in [0.25, 0.3) is 0 Å². The van der Waals surface area contributed by atoms with Crippen LogP contribution in [-0.2, 0) is 9.53 Å². The van der Waals surface area contributed by atoms with E-state index >= 15 is 0 Å². The molecule has 0 aromatic heterocycles. The molecule has 0 bridgehead atoms. The molecule has 2 N–H and O–H groups in total. The molecule has 0 aliphatic carbocycles. The molecule has 1 fully saturated rings. The summed E-state index contributed by atoms with van der Waals surface area (Å²) in [4.78, 5) is 11.7. The van der Waals surface area contributed by atoms with Crippen LogP contribution in [0, 0.1) is 5.92 Å². The van der Waals surface area contributed by atoms with Gasteiger partial charge in [0, 0.05) is 19.7 Å². The first-order chi connectivity index (χ1) is 7.24. The van der Waals surface area contributed by atoms with Crippen molar-refractivity contribution < 1.29 is 9.53 Å². The van der Waals surface area contributed by atoms with E-state index in [0.717, 1.165) is 25.9 Å². The molecule has 1 heterocycles. The van der Waals surface area contributed by atoms with Gasteiger partial charge in [-0.3, -0.25) is 4.79 Å². The summed E-state index contributed by atoms with van der Waals surface area (Å²) in [6, 6.07) is 0. The fraction of sp³-hybridized carbons (Fsp3) is 0.909. The van der Waals surface area contributed by atoms with Gasteiger partial charge in [-0.1, -0.05) is 0 Å². The minimum absolute atomic E-state index is 0.107. The standard InChI is InChI=1S/C11H22N2O2/c1-3-15-9(2)7-13-11(14)10-5-4-6-12-8-10/h9-10,12H,3-8H2,1-2H3,(H,13,14). The molecule has 1 amide bonds. The average Bonchev–Trinajstić information content (AvgIpc) is 2.27. The molecule has 1 saturated heterocycles. The van der Waals surface area contributed by atoms with Crippen molar-refractivity contribution in [2.75, 3.05) is 26.2 Å². The Bertz CT molecular complexity index is 191. The summed E-state index contributed by atoms with van der Waals surface area (Å²) >= 11 is 0. The van der Waals surface area contributed by atoms with Gasteiger partial charge >= 0.3 is 0 Å². The largest absolute Gasteiger partial charge is 0.377 e. The highest BCUT2D eigenvalue weighted by Crippen LogP contribution is 2.09. The van der Waals surface area contributed by atoms with E-state index in [1.54, 1.807) is 0 Å². The lowest BCUT2D eigenvalue weighted by Gasteiger charge is -2.22. The molecule has 1 aliphatic rings. The van der Waals surface area contributed by atoms with Crippen LogP contribution in [-0.4, -0.2) is 38.3 Å². The Hall–Kier alpha value is -0.610. The maximum absolute atomic E-state index is 11.7. The van der Waals surface area contributed by atoms with Crippen molar-refractivity contribution in [3.05, 3.63) is 0 Å². The van der Waals surface area contributed by atoms with E-state index in [0.29, 0.717) is 13.2 Å². The van der Waals surface area contributed by atoms with Crippen molar-refractivity contribution in [3.63, 3.8) is 0 Å². The van der Waals surface area contributed by atoms with Crippen LogP contribution in [0.25, 0.3) is 0 Å². The van der Waals surface area contributed by atoms with E-state index in [1.165, 1.54) is 0 Å². The van der Waals surface area contributed by atoms with Crippen molar-refractivity contribution in [1.82, 2.24) is 10.6 Å². The Balaban J connectivity index is 2.16. The predicted octanol–water partition coefficient (Wildman–Crippen LogP) is 0.527. The van der Waals surface area contributed by atoms with Gasteiger partial charge in [0.05, 0.1) is 12.0 Å². The van der Waals surface area contributed by atoms with Crippen molar-refractivity contribution >= 4 is 5.91 Å². The average molecular weight is 214 g/mol. The molecular formula is C11H22N2O2. The first kappa shape index (κ1) is 12.5. The van der Waals surface area contributed by atoms with Crippen LogP contribution in [0.4, 0.5) is 0 Å². The summed E-state index contributed by atoms with van der Waals surface area (Å²) in [5, 5.41) is 6.17. The molecule has 1 aliphatic heterocycles. The fourth-order valence-electron chi connectivity index (χ4n) is 1.81. The van der Waals surface area contributed by atoms with E-state index in [2.05, 4.69) is 10.6 Å². The molecule has 2 unspecified atom stereocenters. The number of hydrogen-bond donors (Lipinski definition) is 2. The molecule has 4 heteroatoms. The lowest BCUT2D eigenvalue weighted by Crippen LogP contribution is -2.42.